The van der Waals surface area contributed by atoms with Gasteiger partial charge in [-0.2, -0.15) is 0 Å². The Kier molecular flexibility index (Phi) is 5.33. The van der Waals surface area contributed by atoms with Crippen LogP contribution in [0.25, 0.3) is 0 Å². The second kappa shape index (κ2) is 7.22. The van der Waals surface area contributed by atoms with Gasteiger partial charge in [-0.15, -0.1) is 0 Å². The van der Waals surface area contributed by atoms with Gasteiger partial charge in [-0.1, -0.05) is 0 Å². The molecule has 5 nitrogen and oxygen atoms in total. The summed E-state index contributed by atoms with van der Waals surface area (Å²) in [5, 5.41) is 2.89. The molecule has 0 saturated carbocycles. The number of rotatable bonds is 6. The number of aromatic nitrogens is 2. The van der Waals surface area contributed by atoms with Crippen LogP contribution in [0.2, 0.25) is 0 Å². The predicted octanol–water partition coefficient (Wildman–Crippen LogP) is 2.66. The molecule has 0 aliphatic rings. The molecule has 5 heteroatoms. The van der Waals surface area contributed by atoms with Crippen molar-refractivity contribution in [2.24, 2.45) is 5.73 Å². The van der Waals surface area contributed by atoms with E-state index in [1.807, 2.05) is 32.0 Å². The zero-order valence-corrected chi connectivity index (χ0v) is 13.5. The van der Waals surface area contributed by atoms with E-state index in [2.05, 4.69) is 21.8 Å². The first-order valence-electron chi connectivity index (χ1n) is 7.69. The van der Waals surface area contributed by atoms with Crippen molar-refractivity contribution in [1.29, 1.82) is 0 Å². The van der Waals surface area contributed by atoms with Gasteiger partial charge in [0, 0.05) is 24.1 Å². The summed E-state index contributed by atoms with van der Waals surface area (Å²) in [6, 6.07) is 5.78. The van der Waals surface area contributed by atoms with E-state index in [0.717, 1.165) is 36.3 Å². The molecule has 2 aromatic rings. The summed E-state index contributed by atoms with van der Waals surface area (Å²) in [5.41, 5.74) is 9.44. The van der Waals surface area contributed by atoms with Crippen LogP contribution in [0.4, 0.5) is 5.82 Å². The summed E-state index contributed by atoms with van der Waals surface area (Å²) in [5.74, 6) is 0.470. The molecule has 0 spiro atoms. The summed E-state index contributed by atoms with van der Waals surface area (Å²) in [6.45, 7) is 7.57. The smallest absolute Gasteiger partial charge is 0.258 e. The van der Waals surface area contributed by atoms with Gasteiger partial charge in [0.1, 0.15) is 5.82 Å². The van der Waals surface area contributed by atoms with Gasteiger partial charge in [0.25, 0.3) is 5.91 Å². The molecule has 22 heavy (non-hydrogen) atoms. The van der Waals surface area contributed by atoms with E-state index in [0.29, 0.717) is 17.9 Å². The van der Waals surface area contributed by atoms with E-state index in [1.165, 1.54) is 0 Å². The number of anilines is 1. The molecule has 0 saturated heterocycles. The van der Waals surface area contributed by atoms with Crippen LogP contribution >= 0.6 is 0 Å². The molecule has 3 N–H and O–H groups in total. The highest BCUT2D eigenvalue weighted by Crippen LogP contribution is 2.17. The number of nitrogens with one attached hydrogen (secondary N) is 1. The number of carbonyl (C=O) groups excluding carboxylic acids is 1. The SMILES string of the molecule is CCn1c(C)cc(C(=O)Nc2cc(CCCN)ccn2)c1C. The fourth-order valence-electron chi connectivity index (χ4n) is 2.71. The van der Waals surface area contributed by atoms with Gasteiger partial charge in [-0.25, -0.2) is 4.98 Å². The quantitative estimate of drug-likeness (QED) is 0.861. The molecule has 0 radical (unpaired) electrons. The number of hydrogen-bond donors (Lipinski definition) is 2. The van der Waals surface area contributed by atoms with Crippen LogP contribution in [0.3, 0.4) is 0 Å². The van der Waals surface area contributed by atoms with Gasteiger partial charge in [-0.3, -0.25) is 4.79 Å². The number of aryl methyl sites for hydroxylation is 2. The van der Waals surface area contributed by atoms with Gasteiger partial charge >= 0.3 is 0 Å². The van der Waals surface area contributed by atoms with Crippen molar-refractivity contribution >= 4 is 11.7 Å². The highest BCUT2D eigenvalue weighted by Gasteiger charge is 2.15. The summed E-state index contributed by atoms with van der Waals surface area (Å²) >= 11 is 0. The van der Waals surface area contributed by atoms with Gasteiger partial charge in [0.05, 0.1) is 5.56 Å². The minimum Gasteiger partial charge on any atom is -0.349 e. The summed E-state index contributed by atoms with van der Waals surface area (Å²) in [7, 11) is 0. The van der Waals surface area contributed by atoms with Crippen molar-refractivity contribution < 1.29 is 4.79 Å². The number of nitrogens with two attached hydrogens (primary N) is 1. The summed E-state index contributed by atoms with van der Waals surface area (Å²) in [6.07, 6.45) is 3.54. The van der Waals surface area contributed by atoms with Gasteiger partial charge in [0.15, 0.2) is 0 Å². The Balaban J connectivity index is 2.15. The van der Waals surface area contributed by atoms with E-state index in [4.69, 9.17) is 5.73 Å². The second-order valence-corrected chi connectivity index (χ2v) is 5.42. The van der Waals surface area contributed by atoms with Gasteiger partial charge < -0.3 is 15.6 Å². The zero-order valence-electron chi connectivity index (χ0n) is 13.5. The van der Waals surface area contributed by atoms with Crippen LogP contribution in [0.15, 0.2) is 24.4 Å². The third kappa shape index (κ3) is 3.54. The first-order chi connectivity index (χ1) is 10.6. The normalized spacial score (nSPS) is 10.7. The maximum atomic E-state index is 12.5. The van der Waals surface area contributed by atoms with E-state index in [1.54, 1.807) is 6.20 Å². The number of carbonyl (C=O) groups is 1. The van der Waals surface area contributed by atoms with Crippen LogP contribution in [-0.4, -0.2) is 22.0 Å². The number of hydrogen-bond acceptors (Lipinski definition) is 3. The number of nitrogens with zero attached hydrogens (tertiary/aromatic N) is 2. The maximum Gasteiger partial charge on any atom is 0.258 e. The van der Waals surface area contributed by atoms with E-state index in [-0.39, 0.29) is 5.91 Å². The molecule has 0 aliphatic carbocycles. The highest BCUT2D eigenvalue weighted by atomic mass is 16.1. The predicted molar refractivity (Wildman–Crippen MR) is 89.1 cm³/mol. The molecule has 0 unspecified atom stereocenters. The molecule has 0 aromatic carbocycles. The minimum absolute atomic E-state index is 0.115. The standard InChI is InChI=1S/C17H24N4O/c1-4-21-12(2)10-15(13(21)3)17(22)20-16-11-14(6-5-8-18)7-9-19-16/h7,9-11H,4-6,8,18H2,1-3H3,(H,19,20,22). The molecule has 0 atom stereocenters. The first-order valence-corrected chi connectivity index (χ1v) is 7.69. The summed E-state index contributed by atoms with van der Waals surface area (Å²) < 4.78 is 2.13. The molecule has 118 valence electrons. The molecule has 1 amide bonds. The van der Waals surface area contributed by atoms with Crippen LogP contribution in [0, 0.1) is 13.8 Å². The lowest BCUT2D eigenvalue weighted by Crippen LogP contribution is -2.14. The van der Waals surface area contributed by atoms with Crippen LogP contribution in [-0.2, 0) is 13.0 Å². The second-order valence-electron chi connectivity index (χ2n) is 5.42. The lowest BCUT2D eigenvalue weighted by atomic mass is 10.1. The molecule has 0 bridgehead atoms. The molecule has 2 rings (SSSR count). The Morgan fingerprint density at radius 1 is 1.36 bits per heavy atom. The third-order valence-corrected chi connectivity index (χ3v) is 3.87. The van der Waals surface area contributed by atoms with Crippen molar-refractivity contribution in [2.75, 3.05) is 11.9 Å². The lowest BCUT2D eigenvalue weighted by molar-refractivity contribution is 0.102. The van der Waals surface area contributed by atoms with E-state index < -0.39 is 0 Å². The fourth-order valence-corrected chi connectivity index (χ4v) is 2.71. The molecule has 0 aliphatic heterocycles. The van der Waals surface area contributed by atoms with Crippen molar-refractivity contribution in [3.05, 3.63) is 46.9 Å². The summed E-state index contributed by atoms with van der Waals surface area (Å²) in [4.78, 5) is 16.7. The van der Waals surface area contributed by atoms with E-state index >= 15 is 0 Å². The largest absolute Gasteiger partial charge is 0.349 e. The third-order valence-electron chi connectivity index (χ3n) is 3.87. The Bertz CT molecular complexity index is 661. The Labute approximate surface area is 131 Å². The van der Waals surface area contributed by atoms with E-state index in [9.17, 15) is 4.79 Å². The van der Waals surface area contributed by atoms with Crippen LogP contribution in [0.5, 0.6) is 0 Å². The average molecular weight is 300 g/mol. The Morgan fingerprint density at radius 2 is 2.14 bits per heavy atom. The minimum atomic E-state index is -0.115. The lowest BCUT2D eigenvalue weighted by Gasteiger charge is -2.08. The fraction of sp³-hybridized carbons (Fsp3) is 0.412. The Morgan fingerprint density at radius 3 is 2.77 bits per heavy atom. The number of amides is 1. The molecular formula is C17H24N4O. The van der Waals surface area contributed by atoms with Gasteiger partial charge in [-0.05, 0) is 63.9 Å². The first kappa shape index (κ1) is 16.2. The topological polar surface area (TPSA) is 72.9 Å². The maximum absolute atomic E-state index is 12.5. The average Bonchev–Trinajstić information content (AvgIpc) is 2.80. The highest BCUT2D eigenvalue weighted by molar-refractivity contribution is 6.04. The molecular weight excluding hydrogens is 276 g/mol. The van der Waals surface area contributed by atoms with Crippen LogP contribution in [0.1, 0.15) is 40.7 Å². The van der Waals surface area contributed by atoms with Crippen molar-refractivity contribution in [1.82, 2.24) is 9.55 Å². The van der Waals surface area contributed by atoms with Gasteiger partial charge in [0.2, 0.25) is 0 Å². The Hall–Kier alpha value is -2.14. The zero-order chi connectivity index (χ0) is 16.1. The van der Waals surface area contributed by atoms with Crippen molar-refractivity contribution in [3.8, 4) is 0 Å². The monoisotopic (exact) mass is 300 g/mol. The van der Waals surface area contributed by atoms with Crippen LogP contribution < -0.4 is 11.1 Å². The molecule has 2 aromatic heterocycles. The van der Waals surface area contributed by atoms with Crippen molar-refractivity contribution in [3.63, 3.8) is 0 Å². The van der Waals surface area contributed by atoms with Crippen molar-refractivity contribution in [2.45, 2.75) is 40.2 Å². The molecule has 2 heterocycles. The molecule has 0 fully saturated rings. The number of pyridine rings is 1.